The summed E-state index contributed by atoms with van der Waals surface area (Å²) in [6.07, 6.45) is 10.8. The Hall–Kier alpha value is -2.53. The largest absolute Gasteiger partial charge is 0.508 e. The van der Waals surface area contributed by atoms with Crippen LogP contribution in [0.2, 0.25) is 0 Å². The Kier molecular flexibility index (Phi) is 4.79. The Balaban J connectivity index is 1.71. The van der Waals surface area contributed by atoms with Gasteiger partial charge in [0, 0.05) is 37.0 Å². The second-order valence-electron chi connectivity index (χ2n) is 7.39. The number of methoxy groups -OCH3 is 1. The molecule has 1 aromatic heterocycles. The fourth-order valence-corrected chi connectivity index (χ4v) is 4.11. The van der Waals surface area contributed by atoms with Crippen molar-refractivity contribution in [3.63, 3.8) is 0 Å². The number of hydrogen-bond donors (Lipinski definition) is 1. The SMILES string of the molecule is COC1CCC(Oc2ccc(O)cc2-c2cn(C)c(=O)c3c2C=CC3)CC1. The highest BCUT2D eigenvalue weighted by Crippen LogP contribution is 2.39. The van der Waals surface area contributed by atoms with Crippen LogP contribution in [-0.4, -0.2) is 29.0 Å². The van der Waals surface area contributed by atoms with E-state index >= 15 is 0 Å². The number of hydrogen-bond acceptors (Lipinski definition) is 4. The van der Waals surface area contributed by atoms with Gasteiger partial charge < -0.3 is 19.1 Å². The standard InChI is InChI=1S/C22H25NO4/c1-23-13-20(17-4-3-5-18(17)22(23)25)19-12-14(24)6-11-21(19)27-16-9-7-15(26-2)8-10-16/h3-4,6,11-13,15-16,24H,5,7-10H2,1-2H3. The predicted molar refractivity (Wildman–Crippen MR) is 105 cm³/mol. The predicted octanol–water partition coefficient (Wildman–Crippen LogP) is 3.66. The van der Waals surface area contributed by atoms with E-state index in [0.717, 1.165) is 53.7 Å². The molecule has 27 heavy (non-hydrogen) atoms. The molecule has 0 unspecified atom stereocenters. The average Bonchev–Trinajstić information content (AvgIpc) is 3.17. The zero-order chi connectivity index (χ0) is 19.0. The third-order valence-electron chi connectivity index (χ3n) is 5.62. The number of aromatic hydroxyl groups is 1. The maximum absolute atomic E-state index is 12.4. The number of benzene rings is 1. The lowest BCUT2D eigenvalue weighted by molar-refractivity contribution is 0.0329. The van der Waals surface area contributed by atoms with Gasteiger partial charge in [-0.15, -0.1) is 0 Å². The number of pyridine rings is 1. The summed E-state index contributed by atoms with van der Waals surface area (Å²) in [6, 6.07) is 5.20. The maximum atomic E-state index is 12.4. The van der Waals surface area contributed by atoms with Gasteiger partial charge in [-0.25, -0.2) is 0 Å². The van der Waals surface area contributed by atoms with Gasteiger partial charge in [0.25, 0.3) is 5.56 Å². The molecule has 1 N–H and O–H groups in total. The molecule has 2 aromatic rings. The first-order valence-corrected chi connectivity index (χ1v) is 9.48. The van der Waals surface area contributed by atoms with Gasteiger partial charge in [0.1, 0.15) is 11.5 Å². The summed E-state index contributed by atoms with van der Waals surface area (Å²) in [5.41, 5.74) is 3.49. The van der Waals surface area contributed by atoms with Gasteiger partial charge in [0.2, 0.25) is 0 Å². The number of phenolic OH excluding ortho intramolecular Hbond substituents is 1. The summed E-state index contributed by atoms with van der Waals surface area (Å²) in [5, 5.41) is 10.1. The topological polar surface area (TPSA) is 60.7 Å². The second kappa shape index (κ2) is 7.24. The van der Waals surface area contributed by atoms with Gasteiger partial charge in [-0.2, -0.15) is 0 Å². The molecule has 1 aromatic carbocycles. The van der Waals surface area contributed by atoms with Crippen molar-refractivity contribution in [2.75, 3.05) is 7.11 Å². The molecule has 5 heteroatoms. The van der Waals surface area contributed by atoms with E-state index in [-0.39, 0.29) is 17.4 Å². The van der Waals surface area contributed by atoms with Crippen molar-refractivity contribution in [1.82, 2.24) is 4.57 Å². The number of rotatable bonds is 4. The first kappa shape index (κ1) is 17.9. The molecule has 4 rings (SSSR count). The van der Waals surface area contributed by atoms with Crippen LogP contribution in [0.1, 0.15) is 36.8 Å². The minimum Gasteiger partial charge on any atom is -0.508 e. The number of aryl methyl sites for hydroxylation is 1. The zero-order valence-corrected chi connectivity index (χ0v) is 15.8. The quantitative estimate of drug-likeness (QED) is 0.896. The van der Waals surface area contributed by atoms with E-state index in [9.17, 15) is 9.90 Å². The average molecular weight is 367 g/mol. The highest BCUT2D eigenvalue weighted by molar-refractivity contribution is 5.82. The molecule has 0 atom stereocenters. The van der Waals surface area contributed by atoms with E-state index in [0.29, 0.717) is 12.5 Å². The second-order valence-corrected chi connectivity index (χ2v) is 7.39. The van der Waals surface area contributed by atoms with Gasteiger partial charge in [0.15, 0.2) is 0 Å². The molecule has 5 nitrogen and oxygen atoms in total. The Bertz CT molecular complexity index is 936. The fourth-order valence-electron chi connectivity index (χ4n) is 4.11. The Labute approximate surface area is 158 Å². The first-order valence-electron chi connectivity index (χ1n) is 9.48. The molecular formula is C22H25NO4. The minimum atomic E-state index is 0.0271. The van der Waals surface area contributed by atoms with Crippen molar-refractivity contribution < 1.29 is 14.6 Å². The maximum Gasteiger partial charge on any atom is 0.254 e. The Morgan fingerprint density at radius 2 is 1.85 bits per heavy atom. The molecule has 142 valence electrons. The highest BCUT2D eigenvalue weighted by atomic mass is 16.5. The van der Waals surface area contributed by atoms with Gasteiger partial charge >= 0.3 is 0 Å². The summed E-state index contributed by atoms with van der Waals surface area (Å²) in [7, 11) is 3.53. The Morgan fingerprint density at radius 3 is 2.59 bits per heavy atom. The van der Waals surface area contributed by atoms with E-state index in [1.54, 1.807) is 30.9 Å². The lowest BCUT2D eigenvalue weighted by Gasteiger charge is -2.29. The molecule has 1 saturated carbocycles. The molecule has 0 radical (unpaired) electrons. The normalized spacial score (nSPS) is 21.3. The van der Waals surface area contributed by atoms with E-state index in [1.165, 1.54) is 0 Å². The molecule has 1 heterocycles. The highest BCUT2D eigenvalue weighted by Gasteiger charge is 2.24. The molecule has 0 bridgehead atoms. The van der Waals surface area contributed by atoms with Crippen molar-refractivity contribution in [3.05, 3.63) is 52.0 Å². The van der Waals surface area contributed by atoms with E-state index < -0.39 is 0 Å². The third-order valence-corrected chi connectivity index (χ3v) is 5.62. The number of phenols is 1. The molecule has 1 fully saturated rings. The lowest BCUT2D eigenvalue weighted by atomic mass is 9.94. The van der Waals surface area contributed by atoms with Crippen LogP contribution in [0.3, 0.4) is 0 Å². The lowest BCUT2D eigenvalue weighted by Crippen LogP contribution is -2.27. The number of nitrogens with zero attached hydrogens (tertiary/aromatic N) is 1. The van der Waals surface area contributed by atoms with E-state index in [2.05, 4.69) is 0 Å². The van der Waals surface area contributed by atoms with Gasteiger partial charge in [0.05, 0.1) is 12.2 Å². The van der Waals surface area contributed by atoms with Crippen LogP contribution in [0.25, 0.3) is 17.2 Å². The van der Waals surface area contributed by atoms with Crippen LogP contribution in [0.15, 0.2) is 35.3 Å². The van der Waals surface area contributed by atoms with Crippen molar-refractivity contribution in [2.24, 2.45) is 7.05 Å². The van der Waals surface area contributed by atoms with E-state index in [1.807, 2.05) is 24.4 Å². The molecule has 0 amide bonds. The van der Waals surface area contributed by atoms with E-state index in [4.69, 9.17) is 9.47 Å². The zero-order valence-electron chi connectivity index (χ0n) is 15.8. The van der Waals surface area contributed by atoms with Gasteiger partial charge in [-0.3, -0.25) is 4.79 Å². The van der Waals surface area contributed by atoms with Crippen LogP contribution in [0, 0.1) is 0 Å². The third kappa shape index (κ3) is 3.39. The summed E-state index contributed by atoms with van der Waals surface area (Å²) < 4.78 is 13.4. The summed E-state index contributed by atoms with van der Waals surface area (Å²) in [5.74, 6) is 0.930. The summed E-state index contributed by atoms with van der Waals surface area (Å²) >= 11 is 0. The molecular weight excluding hydrogens is 342 g/mol. The summed E-state index contributed by atoms with van der Waals surface area (Å²) in [6.45, 7) is 0. The monoisotopic (exact) mass is 367 g/mol. The van der Waals surface area contributed by atoms with Crippen molar-refractivity contribution in [1.29, 1.82) is 0 Å². The van der Waals surface area contributed by atoms with Crippen LogP contribution in [0.5, 0.6) is 11.5 Å². The van der Waals surface area contributed by atoms with Gasteiger partial charge in [-0.05, 0) is 55.9 Å². The van der Waals surface area contributed by atoms with Crippen molar-refractivity contribution in [3.8, 4) is 22.6 Å². The van der Waals surface area contributed by atoms with Gasteiger partial charge in [-0.1, -0.05) is 12.2 Å². The van der Waals surface area contributed by atoms with Crippen LogP contribution in [0.4, 0.5) is 0 Å². The van der Waals surface area contributed by atoms with Crippen LogP contribution in [-0.2, 0) is 18.2 Å². The van der Waals surface area contributed by atoms with Crippen LogP contribution >= 0.6 is 0 Å². The number of ether oxygens (including phenoxy) is 2. The number of allylic oxidation sites excluding steroid dienone is 1. The molecule has 2 aliphatic carbocycles. The minimum absolute atomic E-state index is 0.0271. The molecule has 0 spiro atoms. The fraction of sp³-hybridized carbons (Fsp3) is 0.409. The smallest absolute Gasteiger partial charge is 0.254 e. The van der Waals surface area contributed by atoms with Crippen LogP contribution < -0.4 is 10.3 Å². The van der Waals surface area contributed by atoms with Crippen molar-refractivity contribution >= 4 is 6.08 Å². The molecule has 0 saturated heterocycles. The number of aromatic nitrogens is 1. The number of fused-ring (bicyclic) bond motifs is 1. The van der Waals surface area contributed by atoms with Crippen molar-refractivity contribution in [2.45, 2.75) is 44.3 Å². The summed E-state index contributed by atoms with van der Waals surface area (Å²) in [4.78, 5) is 12.4. The molecule has 0 aliphatic heterocycles. The first-order chi connectivity index (χ1) is 13.1. The Morgan fingerprint density at radius 1 is 1.11 bits per heavy atom. The molecule has 2 aliphatic rings.